The van der Waals surface area contributed by atoms with Gasteiger partial charge in [0.05, 0.1) is 5.54 Å². The van der Waals surface area contributed by atoms with Gasteiger partial charge in [-0.25, -0.2) is 13.6 Å². The number of carbonyl (C=O) groups excluding carboxylic acids is 1. The van der Waals surface area contributed by atoms with Crippen LogP contribution in [0.2, 0.25) is 0 Å². The number of carbonyl (C=O) groups is 1. The normalized spacial score (nSPS) is 17.6. The maximum atomic E-state index is 14.5. The minimum absolute atomic E-state index is 0.0937. The molecule has 2 aliphatic rings. The standard InChI is InChI=1S/C22H25F2N3O2/c23-16-7-8-17(18(24)12-16)22(9-2-1-3-10-22)27-21(29)25-13-15-11-14-5-4-6-19(14)26-20(15)28/h7-8,11-12H,1-6,9-10,13H2,(H,26,28)(H2,25,27,29). The third-order valence-corrected chi connectivity index (χ3v) is 6.11. The van der Waals surface area contributed by atoms with Gasteiger partial charge in [0, 0.05) is 29.4 Å². The zero-order valence-corrected chi connectivity index (χ0v) is 16.2. The highest BCUT2D eigenvalue weighted by molar-refractivity contribution is 5.75. The number of fused-ring (bicyclic) bond motifs is 1. The fourth-order valence-corrected chi connectivity index (χ4v) is 4.63. The molecule has 29 heavy (non-hydrogen) atoms. The van der Waals surface area contributed by atoms with Crippen molar-refractivity contribution in [3.8, 4) is 0 Å². The molecular formula is C22H25F2N3O2. The van der Waals surface area contributed by atoms with Gasteiger partial charge in [0.1, 0.15) is 11.6 Å². The lowest BCUT2D eigenvalue weighted by Gasteiger charge is -2.38. The van der Waals surface area contributed by atoms with E-state index in [1.54, 1.807) is 0 Å². The maximum Gasteiger partial charge on any atom is 0.315 e. The van der Waals surface area contributed by atoms with Crippen LogP contribution in [0.4, 0.5) is 13.6 Å². The first-order valence-corrected chi connectivity index (χ1v) is 10.2. The third-order valence-electron chi connectivity index (χ3n) is 6.11. The van der Waals surface area contributed by atoms with E-state index in [0.717, 1.165) is 55.8 Å². The minimum Gasteiger partial charge on any atom is -0.334 e. The summed E-state index contributed by atoms with van der Waals surface area (Å²) in [5, 5.41) is 5.66. The fourth-order valence-electron chi connectivity index (χ4n) is 4.63. The van der Waals surface area contributed by atoms with Crippen molar-refractivity contribution in [3.05, 3.63) is 68.6 Å². The Balaban J connectivity index is 1.50. The molecule has 0 saturated heterocycles. The van der Waals surface area contributed by atoms with Crippen LogP contribution in [-0.2, 0) is 24.9 Å². The molecule has 1 fully saturated rings. The summed E-state index contributed by atoms with van der Waals surface area (Å²) in [7, 11) is 0. The van der Waals surface area contributed by atoms with Gasteiger partial charge in [0.25, 0.3) is 5.56 Å². The van der Waals surface area contributed by atoms with E-state index in [1.165, 1.54) is 12.1 Å². The molecule has 0 radical (unpaired) electrons. The van der Waals surface area contributed by atoms with Crippen molar-refractivity contribution in [2.75, 3.05) is 0 Å². The molecule has 0 bridgehead atoms. The molecule has 1 aromatic heterocycles. The lowest BCUT2D eigenvalue weighted by Crippen LogP contribution is -2.51. The Kier molecular flexibility index (Phi) is 5.39. The van der Waals surface area contributed by atoms with Gasteiger partial charge in [-0.1, -0.05) is 25.3 Å². The summed E-state index contributed by atoms with van der Waals surface area (Å²) < 4.78 is 27.9. The largest absolute Gasteiger partial charge is 0.334 e. The number of benzene rings is 1. The topological polar surface area (TPSA) is 74.0 Å². The predicted octanol–water partition coefficient (Wildman–Crippen LogP) is 3.80. The summed E-state index contributed by atoms with van der Waals surface area (Å²) in [5.41, 5.74) is 1.86. The Labute approximate surface area is 167 Å². The van der Waals surface area contributed by atoms with Crippen molar-refractivity contribution in [1.82, 2.24) is 15.6 Å². The van der Waals surface area contributed by atoms with Crippen molar-refractivity contribution in [3.63, 3.8) is 0 Å². The molecule has 2 aromatic rings. The molecule has 2 amide bonds. The fraction of sp³-hybridized carbons (Fsp3) is 0.455. The van der Waals surface area contributed by atoms with Gasteiger partial charge in [-0.2, -0.15) is 0 Å². The number of H-pyrrole nitrogens is 1. The molecule has 3 N–H and O–H groups in total. The second-order valence-electron chi connectivity index (χ2n) is 8.06. The number of aromatic nitrogens is 1. The summed E-state index contributed by atoms with van der Waals surface area (Å²) >= 11 is 0. The van der Waals surface area contributed by atoms with E-state index in [0.29, 0.717) is 24.0 Å². The van der Waals surface area contributed by atoms with Gasteiger partial charge >= 0.3 is 6.03 Å². The number of amides is 2. The van der Waals surface area contributed by atoms with Crippen molar-refractivity contribution in [2.45, 2.75) is 63.5 Å². The minimum atomic E-state index is -0.871. The zero-order chi connectivity index (χ0) is 20.4. The lowest BCUT2D eigenvalue weighted by atomic mass is 9.76. The Bertz CT molecular complexity index is 981. The number of pyridine rings is 1. The van der Waals surface area contributed by atoms with Crippen LogP contribution < -0.4 is 16.2 Å². The molecule has 4 rings (SSSR count). The molecule has 154 valence electrons. The van der Waals surface area contributed by atoms with Gasteiger partial charge in [-0.05, 0) is 49.8 Å². The van der Waals surface area contributed by atoms with Gasteiger partial charge < -0.3 is 15.6 Å². The van der Waals surface area contributed by atoms with Crippen LogP contribution >= 0.6 is 0 Å². The van der Waals surface area contributed by atoms with Crippen molar-refractivity contribution in [2.24, 2.45) is 0 Å². The average molecular weight is 401 g/mol. The first kappa shape index (κ1) is 19.6. The highest BCUT2D eigenvalue weighted by Crippen LogP contribution is 2.38. The molecule has 2 aliphatic carbocycles. The molecule has 1 heterocycles. The van der Waals surface area contributed by atoms with Crippen LogP contribution in [0.3, 0.4) is 0 Å². The number of nitrogens with one attached hydrogen (secondary N) is 3. The summed E-state index contributed by atoms with van der Waals surface area (Å²) in [6.07, 6.45) is 6.71. The van der Waals surface area contributed by atoms with Gasteiger partial charge in [-0.3, -0.25) is 4.79 Å². The molecule has 5 nitrogen and oxygen atoms in total. The molecule has 0 aliphatic heterocycles. The number of urea groups is 1. The van der Waals surface area contributed by atoms with Crippen molar-refractivity contribution in [1.29, 1.82) is 0 Å². The first-order valence-electron chi connectivity index (χ1n) is 10.2. The highest BCUT2D eigenvalue weighted by atomic mass is 19.1. The van der Waals surface area contributed by atoms with Gasteiger partial charge in [0.15, 0.2) is 0 Å². The van der Waals surface area contributed by atoms with Crippen molar-refractivity contribution >= 4 is 6.03 Å². The van der Waals surface area contributed by atoms with Crippen LogP contribution in [0.5, 0.6) is 0 Å². The average Bonchev–Trinajstić information content (AvgIpc) is 3.13. The molecule has 1 saturated carbocycles. The quantitative estimate of drug-likeness (QED) is 0.729. The smallest absolute Gasteiger partial charge is 0.315 e. The van der Waals surface area contributed by atoms with Crippen LogP contribution in [0.15, 0.2) is 29.1 Å². The first-order chi connectivity index (χ1) is 14.0. The zero-order valence-electron chi connectivity index (χ0n) is 16.2. The number of rotatable bonds is 4. The van der Waals surface area contributed by atoms with E-state index in [1.807, 2.05) is 6.07 Å². The number of hydrogen-bond acceptors (Lipinski definition) is 2. The maximum absolute atomic E-state index is 14.5. The number of aryl methyl sites for hydroxylation is 2. The third kappa shape index (κ3) is 4.04. The van der Waals surface area contributed by atoms with E-state index >= 15 is 0 Å². The Morgan fingerprint density at radius 2 is 1.86 bits per heavy atom. The molecule has 0 unspecified atom stereocenters. The summed E-state index contributed by atoms with van der Waals surface area (Å²) in [6.45, 7) is 0.0937. The molecule has 1 aromatic carbocycles. The lowest BCUT2D eigenvalue weighted by molar-refractivity contribution is 0.199. The second-order valence-corrected chi connectivity index (χ2v) is 8.06. The Hall–Kier alpha value is -2.70. The summed E-state index contributed by atoms with van der Waals surface area (Å²) in [4.78, 5) is 27.8. The van der Waals surface area contributed by atoms with E-state index in [4.69, 9.17) is 0 Å². The van der Waals surface area contributed by atoms with Crippen LogP contribution in [0.1, 0.15) is 60.9 Å². The summed E-state index contributed by atoms with van der Waals surface area (Å²) in [5.74, 6) is -1.29. The Morgan fingerprint density at radius 1 is 1.07 bits per heavy atom. The number of aromatic amines is 1. The van der Waals surface area contributed by atoms with E-state index < -0.39 is 23.2 Å². The molecule has 7 heteroatoms. The van der Waals surface area contributed by atoms with Gasteiger partial charge in [-0.15, -0.1) is 0 Å². The summed E-state index contributed by atoms with van der Waals surface area (Å²) in [6, 6.07) is 4.89. The highest BCUT2D eigenvalue weighted by Gasteiger charge is 2.37. The molecule has 0 spiro atoms. The monoisotopic (exact) mass is 401 g/mol. The second kappa shape index (κ2) is 7.97. The van der Waals surface area contributed by atoms with Crippen LogP contribution in [0.25, 0.3) is 0 Å². The van der Waals surface area contributed by atoms with E-state index in [2.05, 4.69) is 15.6 Å². The van der Waals surface area contributed by atoms with Crippen LogP contribution in [-0.4, -0.2) is 11.0 Å². The number of hydrogen-bond donors (Lipinski definition) is 3. The van der Waals surface area contributed by atoms with Crippen molar-refractivity contribution < 1.29 is 13.6 Å². The molecular weight excluding hydrogens is 376 g/mol. The van der Waals surface area contributed by atoms with E-state index in [9.17, 15) is 18.4 Å². The van der Waals surface area contributed by atoms with Crippen LogP contribution in [0, 0.1) is 11.6 Å². The number of halogens is 2. The Morgan fingerprint density at radius 3 is 2.62 bits per heavy atom. The predicted molar refractivity (Wildman–Crippen MR) is 106 cm³/mol. The SMILES string of the molecule is O=C(NCc1cc2c([nH]c1=O)CCC2)NC1(c2ccc(F)cc2F)CCCCC1. The van der Waals surface area contributed by atoms with E-state index in [-0.39, 0.29) is 12.1 Å². The molecule has 0 atom stereocenters. The van der Waals surface area contributed by atoms with Gasteiger partial charge in [0.2, 0.25) is 0 Å².